The van der Waals surface area contributed by atoms with Crippen LogP contribution in [-0.2, 0) is 6.54 Å². The van der Waals surface area contributed by atoms with Crippen LogP contribution in [0.15, 0.2) is 61.4 Å². The molecule has 0 bridgehead atoms. The Morgan fingerprint density at radius 3 is 2.66 bits per heavy atom. The van der Waals surface area contributed by atoms with Crippen LogP contribution < -0.4 is 0 Å². The Morgan fingerprint density at radius 2 is 1.83 bits per heavy atom. The molecule has 0 aliphatic heterocycles. The second-order valence-electron chi connectivity index (χ2n) is 8.49. The van der Waals surface area contributed by atoms with Crippen molar-refractivity contribution in [3.63, 3.8) is 0 Å². The van der Waals surface area contributed by atoms with E-state index in [4.69, 9.17) is 0 Å². The second-order valence-corrected chi connectivity index (χ2v) is 8.49. The lowest BCUT2D eigenvalue weighted by Gasteiger charge is -2.10. The highest BCUT2D eigenvalue weighted by Gasteiger charge is 2.21. The third-order valence-corrected chi connectivity index (χ3v) is 5.70. The van der Waals surface area contributed by atoms with Gasteiger partial charge in [0, 0.05) is 54.2 Å². The van der Waals surface area contributed by atoms with Gasteiger partial charge in [0.2, 0.25) is 0 Å². The molecule has 0 aromatic carbocycles. The van der Waals surface area contributed by atoms with Gasteiger partial charge in [-0.1, -0.05) is 6.07 Å². The summed E-state index contributed by atoms with van der Waals surface area (Å²) in [4.78, 5) is 27.1. The maximum Gasteiger partial charge on any atom is 0.178 e. The first-order valence-corrected chi connectivity index (χ1v) is 11.0. The number of hydrogen-bond acceptors (Lipinski definition) is 7. The zero-order valence-corrected chi connectivity index (χ0v) is 19.0. The molecule has 6 rings (SSSR count). The lowest BCUT2D eigenvalue weighted by atomic mass is 10.1. The van der Waals surface area contributed by atoms with Crippen molar-refractivity contribution in [2.45, 2.75) is 6.54 Å². The number of nitrogens with one attached hydrogen (secondary N) is 2. The Kier molecular flexibility index (Phi) is 5.00. The molecule has 35 heavy (non-hydrogen) atoms. The van der Waals surface area contributed by atoms with E-state index in [1.54, 1.807) is 37.2 Å². The largest absolute Gasteiger partial charge is 0.335 e. The summed E-state index contributed by atoms with van der Waals surface area (Å²) in [6.07, 6.45) is 10.1. The fraction of sp³-hybridized carbons (Fsp3) is 0.120. The minimum Gasteiger partial charge on any atom is -0.335 e. The van der Waals surface area contributed by atoms with Gasteiger partial charge >= 0.3 is 0 Å². The minimum atomic E-state index is -0.490. The molecule has 0 saturated heterocycles. The molecule has 2 N–H and O–H groups in total. The molecular formula is C25H20FN9. The molecule has 6 aromatic heterocycles. The normalized spacial score (nSPS) is 11.7. The Balaban J connectivity index is 1.49. The summed E-state index contributed by atoms with van der Waals surface area (Å²) in [5.74, 6) is -0.0819. The summed E-state index contributed by atoms with van der Waals surface area (Å²) in [5.41, 5.74) is 5.65. The number of H-pyrrole nitrogens is 2. The van der Waals surface area contributed by atoms with Crippen molar-refractivity contribution in [3.05, 3.63) is 72.8 Å². The molecule has 0 atom stereocenters. The predicted molar refractivity (Wildman–Crippen MR) is 131 cm³/mol. The minimum absolute atomic E-state index is 0.207. The summed E-state index contributed by atoms with van der Waals surface area (Å²) in [6.45, 7) is 0.687. The molecule has 0 spiro atoms. The second kappa shape index (κ2) is 8.33. The van der Waals surface area contributed by atoms with Gasteiger partial charge in [-0.15, -0.1) is 0 Å². The van der Waals surface area contributed by atoms with Gasteiger partial charge in [0.25, 0.3) is 0 Å². The van der Waals surface area contributed by atoms with Crippen molar-refractivity contribution in [2.75, 3.05) is 14.1 Å². The summed E-state index contributed by atoms with van der Waals surface area (Å²) in [7, 11) is 3.94. The van der Waals surface area contributed by atoms with Gasteiger partial charge in [0.15, 0.2) is 17.3 Å². The monoisotopic (exact) mass is 465 g/mol. The van der Waals surface area contributed by atoms with Crippen LogP contribution in [0.1, 0.15) is 5.56 Å². The molecule has 6 heterocycles. The van der Waals surface area contributed by atoms with E-state index in [9.17, 15) is 0 Å². The Hall–Kier alpha value is -4.57. The van der Waals surface area contributed by atoms with Gasteiger partial charge in [-0.2, -0.15) is 5.10 Å². The van der Waals surface area contributed by atoms with E-state index < -0.39 is 5.82 Å². The number of hydrogen-bond donors (Lipinski definition) is 2. The molecule has 9 nitrogen and oxygen atoms in total. The number of halogens is 1. The first-order valence-electron chi connectivity index (χ1n) is 11.0. The number of aromatic amines is 2. The van der Waals surface area contributed by atoms with Crippen LogP contribution in [0.3, 0.4) is 0 Å². The van der Waals surface area contributed by atoms with E-state index in [-0.39, 0.29) is 5.69 Å². The molecule has 172 valence electrons. The fourth-order valence-electron chi connectivity index (χ4n) is 4.20. The highest BCUT2D eigenvalue weighted by Crippen LogP contribution is 2.33. The van der Waals surface area contributed by atoms with Gasteiger partial charge in [0.1, 0.15) is 11.4 Å². The van der Waals surface area contributed by atoms with E-state index >= 15 is 4.39 Å². The molecule has 0 amide bonds. The van der Waals surface area contributed by atoms with Crippen LogP contribution in [0, 0.1) is 5.82 Å². The summed E-state index contributed by atoms with van der Waals surface area (Å²) < 4.78 is 15.9. The van der Waals surface area contributed by atoms with Crippen molar-refractivity contribution in [3.8, 4) is 33.9 Å². The molecule has 0 radical (unpaired) electrons. The Morgan fingerprint density at radius 1 is 0.943 bits per heavy atom. The maximum atomic E-state index is 15.9. The topological polar surface area (TPSA) is 112 Å². The number of rotatable bonds is 5. The van der Waals surface area contributed by atoms with Crippen molar-refractivity contribution >= 4 is 22.1 Å². The summed E-state index contributed by atoms with van der Waals surface area (Å²) in [6, 6.07) is 7.62. The first kappa shape index (κ1) is 21.0. The summed E-state index contributed by atoms with van der Waals surface area (Å²) >= 11 is 0. The van der Waals surface area contributed by atoms with E-state index in [1.165, 1.54) is 0 Å². The van der Waals surface area contributed by atoms with Gasteiger partial charge in [0.05, 0.1) is 22.6 Å². The highest BCUT2D eigenvalue weighted by molar-refractivity contribution is 5.97. The molecular weight excluding hydrogens is 445 g/mol. The third kappa shape index (κ3) is 3.69. The zero-order chi connectivity index (χ0) is 23.9. The van der Waals surface area contributed by atoms with Crippen LogP contribution in [0.4, 0.5) is 4.39 Å². The number of nitrogens with zero attached hydrogens (tertiary/aromatic N) is 7. The van der Waals surface area contributed by atoms with E-state index in [2.05, 4.69) is 40.1 Å². The lowest BCUT2D eigenvalue weighted by Crippen LogP contribution is -2.10. The molecule has 0 saturated carbocycles. The van der Waals surface area contributed by atoms with Gasteiger partial charge in [-0.3, -0.25) is 20.1 Å². The summed E-state index contributed by atoms with van der Waals surface area (Å²) in [5, 5.41) is 7.52. The first-order chi connectivity index (χ1) is 17.1. The SMILES string of the molecule is CN(C)Cc1cncc(-c2ncc3[nH]nc(-c4nc5nccc(-c6cccnc6)c5[nH]4)c3c2F)c1. The van der Waals surface area contributed by atoms with Crippen molar-refractivity contribution in [2.24, 2.45) is 0 Å². The number of imidazole rings is 1. The smallest absolute Gasteiger partial charge is 0.178 e. The fourth-order valence-corrected chi connectivity index (χ4v) is 4.20. The van der Waals surface area contributed by atoms with Crippen LogP contribution in [0.25, 0.3) is 56.0 Å². The average Bonchev–Trinajstić information content (AvgIpc) is 3.49. The van der Waals surface area contributed by atoms with Crippen LogP contribution in [0.2, 0.25) is 0 Å². The average molecular weight is 465 g/mol. The van der Waals surface area contributed by atoms with Crippen molar-refractivity contribution in [1.29, 1.82) is 0 Å². The lowest BCUT2D eigenvalue weighted by molar-refractivity contribution is 0.402. The van der Waals surface area contributed by atoms with Gasteiger partial charge < -0.3 is 9.88 Å². The molecule has 0 aliphatic carbocycles. The highest BCUT2D eigenvalue weighted by atomic mass is 19.1. The van der Waals surface area contributed by atoms with E-state index in [0.717, 1.165) is 22.2 Å². The van der Waals surface area contributed by atoms with Gasteiger partial charge in [-0.25, -0.2) is 14.4 Å². The van der Waals surface area contributed by atoms with Crippen molar-refractivity contribution in [1.82, 2.24) is 45.0 Å². The Labute approximate surface area is 199 Å². The number of pyridine rings is 4. The van der Waals surface area contributed by atoms with Crippen molar-refractivity contribution < 1.29 is 4.39 Å². The predicted octanol–water partition coefficient (Wildman–Crippen LogP) is 4.22. The Bertz CT molecular complexity index is 1670. The zero-order valence-electron chi connectivity index (χ0n) is 19.0. The van der Waals surface area contributed by atoms with E-state index in [1.807, 2.05) is 43.3 Å². The van der Waals surface area contributed by atoms with Crippen LogP contribution in [-0.4, -0.2) is 59.1 Å². The quantitative estimate of drug-likeness (QED) is 0.392. The number of aromatic nitrogens is 8. The van der Waals surface area contributed by atoms with E-state index in [0.29, 0.717) is 40.2 Å². The number of fused-ring (bicyclic) bond motifs is 2. The third-order valence-electron chi connectivity index (χ3n) is 5.70. The molecule has 10 heteroatoms. The molecule has 0 fully saturated rings. The van der Waals surface area contributed by atoms with Gasteiger partial charge in [-0.05, 0) is 37.9 Å². The maximum absolute atomic E-state index is 15.9. The molecule has 0 unspecified atom stereocenters. The van der Waals surface area contributed by atoms with Crippen LogP contribution in [0.5, 0.6) is 0 Å². The standard InChI is InChI=1S/C25H20FN9/c1-35(2)13-14-8-16(11-28-9-14)21-20(26)19-18(12-30-21)33-34-23(19)25-31-22-17(5-7-29-24(22)32-25)15-4-3-6-27-10-15/h3-12H,13H2,1-2H3,(H,33,34)(H,29,31,32). The molecule has 6 aromatic rings. The van der Waals surface area contributed by atoms with Crippen LogP contribution >= 0.6 is 0 Å². The molecule has 0 aliphatic rings.